The van der Waals surface area contributed by atoms with Crippen molar-refractivity contribution in [2.45, 2.75) is 43.7 Å². The molecule has 108 valence electrons. The van der Waals surface area contributed by atoms with Crippen molar-refractivity contribution in [3.05, 3.63) is 29.3 Å². The third-order valence-electron chi connectivity index (χ3n) is 3.79. The maximum atomic E-state index is 12.8. The molecule has 1 aromatic carbocycles. The molecule has 0 spiro atoms. The van der Waals surface area contributed by atoms with Crippen LogP contribution in [0.15, 0.2) is 23.1 Å². The highest BCUT2D eigenvalue weighted by molar-refractivity contribution is 7.89. The third kappa shape index (κ3) is 2.57. The van der Waals surface area contributed by atoms with Gasteiger partial charge >= 0.3 is 0 Å². The summed E-state index contributed by atoms with van der Waals surface area (Å²) in [6.07, 6.45) is 1.30. The molecule has 1 saturated heterocycles. The second-order valence-corrected chi connectivity index (χ2v) is 7.17. The molecule has 1 aliphatic rings. The van der Waals surface area contributed by atoms with Crippen molar-refractivity contribution in [2.75, 3.05) is 6.54 Å². The fourth-order valence-corrected chi connectivity index (χ4v) is 4.54. The monoisotopic (exact) mass is 293 g/mol. The molecule has 20 heavy (non-hydrogen) atoms. The van der Waals surface area contributed by atoms with Gasteiger partial charge in [-0.1, -0.05) is 12.1 Å². The summed E-state index contributed by atoms with van der Waals surface area (Å²) in [5, 5.41) is 9.22. The molecule has 0 aliphatic carbocycles. The molecule has 0 aromatic heterocycles. The highest BCUT2D eigenvalue weighted by atomic mass is 32.2. The predicted molar refractivity (Wildman–Crippen MR) is 76.5 cm³/mol. The number of nitrogens with two attached hydrogens (primary N) is 1. The van der Waals surface area contributed by atoms with E-state index in [0.29, 0.717) is 24.9 Å². The van der Waals surface area contributed by atoms with Crippen LogP contribution in [0.1, 0.15) is 30.9 Å². The van der Waals surface area contributed by atoms with Gasteiger partial charge in [0.25, 0.3) is 0 Å². The molecule has 1 fully saturated rings. The van der Waals surface area contributed by atoms with Crippen LogP contribution in [0.4, 0.5) is 0 Å². The van der Waals surface area contributed by atoms with Crippen LogP contribution in [0.3, 0.4) is 0 Å². The van der Waals surface area contributed by atoms with Crippen molar-refractivity contribution < 1.29 is 8.42 Å². The number of hydrogen-bond donors (Lipinski definition) is 1. The number of benzene rings is 1. The topological polar surface area (TPSA) is 87.2 Å². The van der Waals surface area contributed by atoms with Gasteiger partial charge in [0.1, 0.15) is 11.0 Å². The lowest BCUT2D eigenvalue weighted by molar-refractivity contribution is 0.247. The first-order chi connectivity index (χ1) is 9.37. The van der Waals surface area contributed by atoms with Crippen molar-refractivity contribution in [3.8, 4) is 6.07 Å². The van der Waals surface area contributed by atoms with E-state index in [4.69, 9.17) is 5.73 Å². The maximum absolute atomic E-state index is 12.8. The Morgan fingerprint density at radius 1 is 1.45 bits per heavy atom. The van der Waals surface area contributed by atoms with Gasteiger partial charge in [-0.3, -0.25) is 0 Å². The van der Waals surface area contributed by atoms with Crippen LogP contribution in [0.5, 0.6) is 0 Å². The second kappa shape index (κ2) is 5.52. The Morgan fingerprint density at radius 2 is 2.15 bits per heavy atom. The Bertz CT molecular complexity index is 649. The minimum atomic E-state index is -3.64. The lowest BCUT2D eigenvalue weighted by atomic mass is 10.0. The first-order valence-corrected chi connectivity index (χ1v) is 8.09. The molecule has 2 atom stereocenters. The van der Waals surface area contributed by atoms with E-state index in [9.17, 15) is 13.7 Å². The van der Waals surface area contributed by atoms with Crippen LogP contribution >= 0.6 is 0 Å². The van der Waals surface area contributed by atoms with Crippen LogP contribution in [0, 0.1) is 18.3 Å². The van der Waals surface area contributed by atoms with Crippen molar-refractivity contribution >= 4 is 10.0 Å². The first kappa shape index (κ1) is 15.0. The Labute approximate surface area is 120 Å². The van der Waals surface area contributed by atoms with Gasteiger partial charge in [-0.2, -0.15) is 9.57 Å². The molecule has 1 aliphatic heterocycles. The van der Waals surface area contributed by atoms with Crippen LogP contribution in [0.25, 0.3) is 0 Å². The lowest BCUT2D eigenvalue weighted by Gasteiger charge is -2.35. The number of rotatable bonds is 2. The van der Waals surface area contributed by atoms with Gasteiger partial charge in [0.2, 0.25) is 10.0 Å². The number of sulfonamides is 1. The molecular formula is C14H19N3O2S. The molecule has 0 saturated carbocycles. The van der Waals surface area contributed by atoms with Crippen LogP contribution in [-0.4, -0.2) is 31.4 Å². The maximum Gasteiger partial charge on any atom is 0.244 e. The summed E-state index contributed by atoms with van der Waals surface area (Å²) in [6.45, 7) is 4.01. The molecule has 0 amide bonds. The average Bonchev–Trinajstić information content (AvgIpc) is 2.37. The Hall–Kier alpha value is -1.42. The van der Waals surface area contributed by atoms with Gasteiger partial charge < -0.3 is 5.73 Å². The number of hydrogen-bond acceptors (Lipinski definition) is 4. The number of aryl methyl sites for hydroxylation is 1. The predicted octanol–water partition coefficient (Wildman–Crippen LogP) is 1.37. The van der Waals surface area contributed by atoms with Crippen molar-refractivity contribution in [1.29, 1.82) is 5.26 Å². The average molecular weight is 293 g/mol. The van der Waals surface area contributed by atoms with Crippen molar-refractivity contribution in [1.82, 2.24) is 4.31 Å². The Balaban J connectivity index is 2.47. The highest BCUT2D eigenvalue weighted by Gasteiger charge is 2.34. The van der Waals surface area contributed by atoms with Gasteiger partial charge in [0, 0.05) is 18.6 Å². The number of nitrogens with zero attached hydrogens (tertiary/aromatic N) is 2. The summed E-state index contributed by atoms with van der Waals surface area (Å²) < 4.78 is 27.0. The van der Waals surface area contributed by atoms with Crippen molar-refractivity contribution in [2.24, 2.45) is 5.73 Å². The van der Waals surface area contributed by atoms with Gasteiger partial charge in [0.05, 0.1) is 5.56 Å². The van der Waals surface area contributed by atoms with E-state index in [1.807, 2.05) is 13.0 Å². The van der Waals surface area contributed by atoms with Gasteiger partial charge in [-0.05, 0) is 38.3 Å². The fourth-order valence-electron chi connectivity index (χ4n) is 2.67. The van der Waals surface area contributed by atoms with E-state index in [2.05, 4.69) is 0 Å². The van der Waals surface area contributed by atoms with Gasteiger partial charge in [-0.15, -0.1) is 0 Å². The molecule has 1 aromatic rings. The quantitative estimate of drug-likeness (QED) is 0.892. The van der Waals surface area contributed by atoms with E-state index >= 15 is 0 Å². The van der Waals surface area contributed by atoms with E-state index in [1.165, 1.54) is 10.4 Å². The fraction of sp³-hybridized carbons (Fsp3) is 0.500. The molecule has 5 nitrogen and oxygen atoms in total. The molecule has 0 bridgehead atoms. The molecule has 6 heteroatoms. The zero-order valence-corrected chi connectivity index (χ0v) is 12.5. The summed E-state index contributed by atoms with van der Waals surface area (Å²) in [5.41, 5.74) is 6.78. The summed E-state index contributed by atoms with van der Waals surface area (Å²) in [5.74, 6) is 0. The molecule has 0 radical (unpaired) electrons. The van der Waals surface area contributed by atoms with Gasteiger partial charge in [-0.25, -0.2) is 8.42 Å². The zero-order chi connectivity index (χ0) is 14.9. The highest BCUT2D eigenvalue weighted by Crippen LogP contribution is 2.27. The molecular weight excluding hydrogens is 274 g/mol. The smallest absolute Gasteiger partial charge is 0.244 e. The molecule has 1 heterocycles. The molecule has 2 rings (SSSR count). The van der Waals surface area contributed by atoms with Gasteiger partial charge in [0.15, 0.2) is 0 Å². The minimum absolute atomic E-state index is 0.0457. The van der Waals surface area contributed by atoms with Crippen LogP contribution in [-0.2, 0) is 10.0 Å². The summed E-state index contributed by atoms with van der Waals surface area (Å²) in [4.78, 5) is 0.0994. The third-order valence-corrected chi connectivity index (χ3v) is 5.84. The first-order valence-electron chi connectivity index (χ1n) is 6.65. The normalized spacial score (nSPS) is 24.3. The summed E-state index contributed by atoms with van der Waals surface area (Å²) in [7, 11) is -3.64. The molecule has 2 N–H and O–H groups in total. The van der Waals surface area contributed by atoms with E-state index < -0.39 is 10.0 Å². The molecule has 2 unspecified atom stereocenters. The summed E-state index contributed by atoms with van der Waals surface area (Å²) in [6, 6.07) is 6.82. The minimum Gasteiger partial charge on any atom is -0.328 e. The second-order valence-electron chi connectivity index (χ2n) is 5.31. The Morgan fingerprint density at radius 3 is 2.75 bits per heavy atom. The lowest BCUT2D eigenvalue weighted by Crippen LogP contribution is -2.48. The van der Waals surface area contributed by atoms with E-state index in [0.717, 1.165) is 0 Å². The zero-order valence-electron chi connectivity index (χ0n) is 11.7. The standard InChI is InChI=1S/C14H19N3O2S/c1-10-4-3-5-14(13(10)9-15)20(18,19)17-7-6-12(16)8-11(17)2/h3-5,11-12H,6-8,16H2,1-2H3. The largest absolute Gasteiger partial charge is 0.328 e. The number of nitriles is 1. The number of piperidine rings is 1. The van der Waals surface area contributed by atoms with Crippen LogP contribution < -0.4 is 5.73 Å². The van der Waals surface area contributed by atoms with E-state index in [-0.39, 0.29) is 22.5 Å². The van der Waals surface area contributed by atoms with Crippen molar-refractivity contribution in [3.63, 3.8) is 0 Å². The van der Waals surface area contributed by atoms with E-state index in [1.54, 1.807) is 19.1 Å². The van der Waals surface area contributed by atoms with Crippen LogP contribution in [0.2, 0.25) is 0 Å². The SMILES string of the molecule is Cc1cccc(S(=O)(=O)N2CCC(N)CC2C)c1C#N. The summed E-state index contributed by atoms with van der Waals surface area (Å²) >= 11 is 0. The Kier molecular flexibility index (Phi) is 4.14.